The van der Waals surface area contributed by atoms with Crippen LogP contribution in [0.15, 0.2) is 24.3 Å². The summed E-state index contributed by atoms with van der Waals surface area (Å²) < 4.78 is 12.9. The Balaban J connectivity index is 2.62. The number of hydrogen-bond donors (Lipinski definition) is 1. The highest BCUT2D eigenvalue weighted by atomic mass is 19.1. The van der Waals surface area contributed by atoms with E-state index in [1.165, 1.54) is 36.1 Å². The number of nitrogens with one attached hydrogen (secondary N) is 1. The maximum Gasteiger partial charge on any atom is 0.223 e. The number of halogens is 1. The van der Waals surface area contributed by atoms with Gasteiger partial charge < -0.3 is 10.2 Å². The van der Waals surface area contributed by atoms with Crippen molar-refractivity contribution < 1.29 is 14.0 Å². The molecule has 1 atom stereocenters. The molecule has 1 unspecified atom stereocenters. The predicted octanol–water partition coefficient (Wildman–Crippen LogP) is 2.48. The Hall–Kier alpha value is -1.91. The molecule has 0 bridgehead atoms. The van der Waals surface area contributed by atoms with Gasteiger partial charge in [0.05, 0.1) is 0 Å². The Kier molecular flexibility index (Phi) is 6.15. The van der Waals surface area contributed by atoms with Crippen LogP contribution < -0.4 is 10.2 Å². The van der Waals surface area contributed by atoms with Crippen molar-refractivity contribution >= 4 is 17.5 Å². The van der Waals surface area contributed by atoms with Crippen molar-refractivity contribution in [3.8, 4) is 0 Å². The first-order valence-corrected chi connectivity index (χ1v) is 6.77. The third-order valence-corrected chi connectivity index (χ3v) is 3.10. The molecule has 4 nitrogen and oxygen atoms in total. The maximum atomic E-state index is 12.9. The zero-order chi connectivity index (χ0) is 15.1. The smallest absolute Gasteiger partial charge is 0.223 e. The van der Waals surface area contributed by atoms with Gasteiger partial charge in [-0.15, -0.1) is 0 Å². The van der Waals surface area contributed by atoms with Gasteiger partial charge in [0.15, 0.2) is 0 Å². The van der Waals surface area contributed by atoms with Crippen LogP contribution in [-0.4, -0.2) is 24.4 Å². The van der Waals surface area contributed by atoms with E-state index in [0.29, 0.717) is 5.69 Å². The zero-order valence-corrected chi connectivity index (χ0v) is 12.1. The van der Waals surface area contributed by atoms with Crippen molar-refractivity contribution in [1.82, 2.24) is 5.32 Å². The molecule has 0 spiro atoms. The number of nitrogens with zero attached hydrogens (tertiary/aromatic N) is 1. The molecule has 5 heteroatoms. The minimum Gasteiger partial charge on any atom is -0.354 e. The Bertz CT molecular complexity index is 459. The van der Waals surface area contributed by atoms with Crippen LogP contribution in [-0.2, 0) is 9.59 Å². The number of carbonyl (C=O) groups excluding carboxylic acids is 2. The first-order chi connectivity index (χ1) is 9.43. The van der Waals surface area contributed by atoms with Crippen molar-refractivity contribution in [3.63, 3.8) is 0 Å². The molecule has 1 N–H and O–H groups in total. The molecular weight excluding hydrogens is 259 g/mol. The van der Waals surface area contributed by atoms with Crippen LogP contribution in [0.2, 0.25) is 0 Å². The van der Waals surface area contributed by atoms with Crippen LogP contribution in [0.25, 0.3) is 0 Å². The summed E-state index contributed by atoms with van der Waals surface area (Å²) in [6.45, 7) is 5.63. The van der Waals surface area contributed by atoms with E-state index in [2.05, 4.69) is 5.32 Å². The van der Waals surface area contributed by atoms with E-state index in [9.17, 15) is 14.0 Å². The Morgan fingerprint density at radius 1 is 1.30 bits per heavy atom. The lowest BCUT2D eigenvalue weighted by Crippen LogP contribution is -2.36. The second-order valence-electron chi connectivity index (χ2n) is 4.77. The standard InChI is InChI=1S/C15H21FN2O2/c1-4-11(2)17-15(20)9-10-18(12(3)19)14-7-5-13(16)6-8-14/h5-8,11H,4,9-10H2,1-3H3,(H,17,20). The fourth-order valence-electron chi connectivity index (χ4n) is 1.75. The highest BCUT2D eigenvalue weighted by Crippen LogP contribution is 2.15. The highest BCUT2D eigenvalue weighted by Gasteiger charge is 2.14. The molecule has 1 rings (SSSR count). The van der Waals surface area contributed by atoms with E-state index in [4.69, 9.17) is 0 Å². The summed E-state index contributed by atoms with van der Waals surface area (Å²) in [4.78, 5) is 24.8. The van der Waals surface area contributed by atoms with Crippen LogP contribution in [0.3, 0.4) is 0 Å². The van der Waals surface area contributed by atoms with Crippen molar-refractivity contribution in [3.05, 3.63) is 30.1 Å². The Morgan fingerprint density at radius 3 is 2.40 bits per heavy atom. The molecule has 110 valence electrons. The lowest BCUT2D eigenvalue weighted by molar-refractivity contribution is -0.121. The minimum atomic E-state index is -0.355. The van der Waals surface area contributed by atoms with Crippen LogP contribution in [0.4, 0.5) is 10.1 Å². The van der Waals surface area contributed by atoms with Crippen LogP contribution in [0, 0.1) is 5.82 Å². The fraction of sp³-hybridized carbons (Fsp3) is 0.467. The molecule has 0 aliphatic carbocycles. The molecule has 2 amide bonds. The van der Waals surface area contributed by atoms with E-state index in [1.54, 1.807) is 0 Å². The van der Waals surface area contributed by atoms with Gasteiger partial charge in [0, 0.05) is 31.6 Å². The summed E-state index contributed by atoms with van der Waals surface area (Å²) in [5.74, 6) is -0.618. The normalized spacial score (nSPS) is 11.8. The van der Waals surface area contributed by atoms with Gasteiger partial charge in [0.1, 0.15) is 5.82 Å². The lowest BCUT2D eigenvalue weighted by atomic mass is 10.2. The molecule has 0 aliphatic rings. The number of amides is 2. The van der Waals surface area contributed by atoms with E-state index in [1.807, 2.05) is 13.8 Å². The van der Waals surface area contributed by atoms with Gasteiger partial charge in [-0.3, -0.25) is 9.59 Å². The summed E-state index contributed by atoms with van der Waals surface area (Å²) in [7, 11) is 0. The van der Waals surface area contributed by atoms with Crippen molar-refractivity contribution in [1.29, 1.82) is 0 Å². The van der Waals surface area contributed by atoms with Crippen LogP contribution in [0.5, 0.6) is 0 Å². The first-order valence-electron chi connectivity index (χ1n) is 6.77. The Labute approximate surface area is 119 Å². The monoisotopic (exact) mass is 280 g/mol. The molecule has 1 aromatic rings. The topological polar surface area (TPSA) is 49.4 Å². The summed E-state index contributed by atoms with van der Waals surface area (Å²) >= 11 is 0. The number of carbonyl (C=O) groups is 2. The van der Waals surface area contributed by atoms with Crippen molar-refractivity contribution in [2.45, 2.75) is 39.7 Å². The van der Waals surface area contributed by atoms with Gasteiger partial charge in [-0.25, -0.2) is 4.39 Å². The molecular formula is C15H21FN2O2. The van der Waals surface area contributed by atoms with Gasteiger partial charge in [0.2, 0.25) is 11.8 Å². The third kappa shape index (κ3) is 4.99. The lowest BCUT2D eigenvalue weighted by Gasteiger charge is -2.21. The fourth-order valence-corrected chi connectivity index (χ4v) is 1.75. The van der Waals surface area contributed by atoms with Crippen LogP contribution in [0.1, 0.15) is 33.6 Å². The molecule has 0 fully saturated rings. The van der Waals surface area contributed by atoms with Gasteiger partial charge >= 0.3 is 0 Å². The quantitative estimate of drug-likeness (QED) is 0.870. The molecule has 20 heavy (non-hydrogen) atoms. The summed E-state index contributed by atoms with van der Waals surface area (Å²) in [5, 5.41) is 2.85. The molecule has 1 aromatic carbocycles. The molecule has 0 aliphatic heterocycles. The van der Waals surface area contributed by atoms with Gasteiger partial charge in [-0.2, -0.15) is 0 Å². The van der Waals surface area contributed by atoms with E-state index in [0.717, 1.165) is 6.42 Å². The third-order valence-electron chi connectivity index (χ3n) is 3.10. The second kappa shape index (κ2) is 7.62. The molecule has 0 aromatic heterocycles. The molecule has 0 radical (unpaired) electrons. The van der Waals surface area contributed by atoms with E-state index >= 15 is 0 Å². The summed E-state index contributed by atoms with van der Waals surface area (Å²) in [6, 6.07) is 5.78. The SMILES string of the molecule is CCC(C)NC(=O)CCN(C(C)=O)c1ccc(F)cc1. The van der Waals surface area contributed by atoms with Gasteiger partial charge in [-0.05, 0) is 37.6 Å². The number of hydrogen-bond acceptors (Lipinski definition) is 2. The predicted molar refractivity (Wildman–Crippen MR) is 76.9 cm³/mol. The second-order valence-corrected chi connectivity index (χ2v) is 4.77. The highest BCUT2D eigenvalue weighted by molar-refractivity contribution is 5.92. The minimum absolute atomic E-state index is 0.0901. The zero-order valence-electron chi connectivity index (χ0n) is 12.1. The van der Waals surface area contributed by atoms with Gasteiger partial charge in [0.25, 0.3) is 0 Å². The number of benzene rings is 1. The first kappa shape index (κ1) is 16.1. The average molecular weight is 280 g/mol. The average Bonchev–Trinajstić information content (AvgIpc) is 2.40. The molecule has 0 heterocycles. The van der Waals surface area contributed by atoms with Gasteiger partial charge in [-0.1, -0.05) is 6.92 Å². The summed E-state index contributed by atoms with van der Waals surface area (Å²) in [6.07, 6.45) is 1.08. The Morgan fingerprint density at radius 2 is 1.90 bits per heavy atom. The number of rotatable bonds is 6. The maximum absolute atomic E-state index is 12.9. The van der Waals surface area contributed by atoms with E-state index in [-0.39, 0.29) is 36.6 Å². The van der Waals surface area contributed by atoms with E-state index < -0.39 is 0 Å². The largest absolute Gasteiger partial charge is 0.354 e. The molecule has 0 saturated heterocycles. The van der Waals surface area contributed by atoms with Crippen molar-refractivity contribution in [2.24, 2.45) is 0 Å². The van der Waals surface area contributed by atoms with Crippen molar-refractivity contribution in [2.75, 3.05) is 11.4 Å². The van der Waals surface area contributed by atoms with Crippen LogP contribution >= 0.6 is 0 Å². The number of anilines is 1. The summed E-state index contributed by atoms with van der Waals surface area (Å²) in [5.41, 5.74) is 0.593. The molecule has 0 saturated carbocycles.